The first-order valence-corrected chi connectivity index (χ1v) is 5.51. The van der Waals surface area contributed by atoms with E-state index in [0.29, 0.717) is 5.56 Å². The second kappa shape index (κ2) is 5.80. The van der Waals surface area contributed by atoms with E-state index in [1.807, 2.05) is 0 Å². The average Bonchev–Trinajstić information content (AvgIpc) is 2.80. The van der Waals surface area contributed by atoms with Crippen LogP contribution < -0.4 is 10.1 Å². The Morgan fingerprint density at radius 2 is 2.06 bits per heavy atom. The molecule has 102 valence electrons. The van der Waals surface area contributed by atoms with E-state index < -0.39 is 11.7 Å². The number of benzene rings is 1. The van der Waals surface area contributed by atoms with E-state index in [0.717, 1.165) is 25.5 Å². The van der Waals surface area contributed by atoms with Crippen LogP contribution in [0.2, 0.25) is 0 Å². The fraction of sp³-hybridized carbons (Fsp3) is 0.500. The summed E-state index contributed by atoms with van der Waals surface area (Å²) in [5.74, 6) is 0.235. The van der Waals surface area contributed by atoms with Crippen LogP contribution in [0, 0.1) is 0 Å². The Hall–Kier alpha value is -0.940. The minimum absolute atomic E-state index is 0. The van der Waals surface area contributed by atoms with Crippen molar-refractivity contribution in [2.45, 2.75) is 25.1 Å². The molecule has 1 atom stereocenters. The van der Waals surface area contributed by atoms with E-state index >= 15 is 0 Å². The van der Waals surface area contributed by atoms with Crippen LogP contribution >= 0.6 is 12.4 Å². The van der Waals surface area contributed by atoms with Crippen LogP contribution in [-0.2, 0) is 6.18 Å². The van der Waals surface area contributed by atoms with E-state index in [1.54, 1.807) is 6.07 Å². The number of rotatable bonds is 2. The summed E-state index contributed by atoms with van der Waals surface area (Å²) in [5.41, 5.74) is -0.285. The molecule has 0 bridgehead atoms. The van der Waals surface area contributed by atoms with Gasteiger partial charge in [0.25, 0.3) is 0 Å². The molecular weight excluding hydrogens is 267 g/mol. The summed E-state index contributed by atoms with van der Waals surface area (Å²) in [7, 11) is 1.36. The number of alkyl halides is 3. The van der Waals surface area contributed by atoms with Gasteiger partial charge in [-0.2, -0.15) is 13.2 Å². The predicted octanol–water partition coefficient (Wildman–Crippen LogP) is 3.56. The molecule has 0 saturated carbocycles. The van der Waals surface area contributed by atoms with Crippen LogP contribution in [-0.4, -0.2) is 13.7 Å². The van der Waals surface area contributed by atoms with Gasteiger partial charge in [-0.15, -0.1) is 12.4 Å². The molecule has 0 aliphatic carbocycles. The van der Waals surface area contributed by atoms with Gasteiger partial charge in [0.15, 0.2) is 0 Å². The van der Waals surface area contributed by atoms with Crippen molar-refractivity contribution in [3.63, 3.8) is 0 Å². The summed E-state index contributed by atoms with van der Waals surface area (Å²) in [6, 6.07) is 3.95. The van der Waals surface area contributed by atoms with Crippen molar-refractivity contribution in [1.82, 2.24) is 5.32 Å². The molecule has 0 radical (unpaired) electrons. The zero-order valence-corrected chi connectivity index (χ0v) is 10.7. The molecule has 0 unspecified atom stereocenters. The van der Waals surface area contributed by atoms with E-state index in [9.17, 15) is 13.2 Å². The Bertz CT molecular complexity index is 403. The van der Waals surface area contributed by atoms with Gasteiger partial charge in [-0.05, 0) is 37.1 Å². The minimum Gasteiger partial charge on any atom is -0.497 e. The van der Waals surface area contributed by atoms with Gasteiger partial charge in [-0.1, -0.05) is 6.07 Å². The third-order valence-electron chi connectivity index (χ3n) is 3.00. The molecule has 1 heterocycles. The SMILES string of the molecule is COc1ccc([C@@H]2CCCN2)c(C(F)(F)F)c1.Cl. The lowest BCUT2D eigenvalue weighted by molar-refractivity contribution is -0.138. The molecule has 1 aromatic rings. The van der Waals surface area contributed by atoms with Gasteiger partial charge >= 0.3 is 6.18 Å². The van der Waals surface area contributed by atoms with E-state index in [1.165, 1.54) is 13.2 Å². The number of hydrogen-bond donors (Lipinski definition) is 1. The summed E-state index contributed by atoms with van der Waals surface area (Å²) in [5, 5.41) is 3.08. The summed E-state index contributed by atoms with van der Waals surface area (Å²) in [6.45, 7) is 0.772. The predicted molar refractivity (Wildman–Crippen MR) is 65.2 cm³/mol. The third kappa shape index (κ3) is 3.09. The highest BCUT2D eigenvalue weighted by Gasteiger charge is 2.36. The van der Waals surface area contributed by atoms with Gasteiger partial charge < -0.3 is 10.1 Å². The summed E-state index contributed by atoms with van der Waals surface area (Å²) >= 11 is 0. The van der Waals surface area contributed by atoms with Crippen molar-refractivity contribution in [3.05, 3.63) is 29.3 Å². The first-order chi connectivity index (χ1) is 8.02. The molecule has 2 nitrogen and oxygen atoms in total. The highest BCUT2D eigenvalue weighted by atomic mass is 35.5. The topological polar surface area (TPSA) is 21.3 Å². The Morgan fingerprint density at radius 1 is 1.33 bits per heavy atom. The second-order valence-corrected chi connectivity index (χ2v) is 4.10. The number of methoxy groups -OCH3 is 1. The number of hydrogen-bond acceptors (Lipinski definition) is 2. The first kappa shape index (κ1) is 15.1. The molecule has 0 amide bonds. The molecule has 1 fully saturated rings. The van der Waals surface area contributed by atoms with Crippen LogP contribution in [0.1, 0.15) is 30.0 Å². The fourth-order valence-electron chi connectivity index (χ4n) is 2.16. The van der Waals surface area contributed by atoms with Gasteiger partial charge in [0, 0.05) is 6.04 Å². The smallest absolute Gasteiger partial charge is 0.416 e. The van der Waals surface area contributed by atoms with Crippen molar-refractivity contribution in [3.8, 4) is 5.75 Å². The normalized spacial score (nSPS) is 19.4. The van der Waals surface area contributed by atoms with E-state index in [4.69, 9.17) is 4.74 Å². The number of halogens is 4. The maximum absolute atomic E-state index is 12.9. The number of ether oxygens (including phenoxy) is 1. The average molecular weight is 282 g/mol. The van der Waals surface area contributed by atoms with Crippen LogP contribution in [0.15, 0.2) is 18.2 Å². The first-order valence-electron chi connectivity index (χ1n) is 5.51. The fourth-order valence-corrected chi connectivity index (χ4v) is 2.16. The maximum Gasteiger partial charge on any atom is 0.416 e. The van der Waals surface area contributed by atoms with Crippen LogP contribution in [0.3, 0.4) is 0 Å². The van der Waals surface area contributed by atoms with Gasteiger partial charge in [-0.3, -0.25) is 0 Å². The standard InChI is InChI=1S/C12H14F3NO.ClH/c1-17-8-4-5-9(11-3-2-6-16-11)10(7-8)12(13,14)15;/h4-5,7,11,16H,2-3,6H2,1H3;1H/t11-;/m0./s1. The zero-order chi connectivity index (χ0) is 12.5. The van der Waals surface area contributed by atoms with Crippen molar-refractivity contribution in [2.75, 3.05) is 13.7 Å². The molecule has 1 N–H and O–H groups in total. The minimum atomic E-state index is -4.34. The Labute approximate surface area is 110 Å². The molecule has 1 aromatic carbocycles. The van der Waals surface area contributed by atoms with Crippen molar-refractivity contribution >= 4 is 12.4 Å². The number of nitrogens with one attached hydrogen (secondary N) is 1. The molecule has 2 rings (SSSR count). The lowest BCUT2D eigenvalue weighted by atomic mass is 9.98. The monoisotopic (exact) mass is 281 g/mol. The Balaban J connectivity index is 0.00000162. The van der Waals surface area contributed by atoms with Crippen molar-refractivity contribution < 1.29 is 17.9 Å². The molecular formula is C12H15ClF3NO. The lowest BCUT2D eigenvalue weighted by Crippen LogP contribution is -2.18. The molecule has 6 heteroatoms. The molecule has 18 heavy (non-hydrogen) atoms. The molecule has 0 spiro atoms. The lowest BCUT2D eigenvalue weighted by Gasteiger charge is -2.18. The summed E-state index contributed by atoms with van der Waals surface area (Å²) < 4.78 is 43.7. The summed E-state index contributed by atoms with van der Waals surface area (Å²) in [4.78, 5) is 0. The second-order valence-electron chi connectivity index (χ2n) is 4.10. The third-order valence-corrected chi connectivity index (χ3v) is 3.00. The van der Waals surface area contributed by atoms with Gasteiger partial charge in [0.05, 0.1) is 12.7 Å². The molecule has 0 aromatic heterocycles. The maximum atomic E-state index is 12.9. The van der Waals surface area contributed by atoms with E-state index in [2.05, 4.69) is 5.32 Å². The largest absolute Gasteiger partial charge is 0.497 e. The van der Waals surface area contributed by atoms with E-state index in [-0.39, 0.29) is 24.2 Å². The van der Waals surface area contributed by atoms with Crippen LogP contribution in [0.25, 0.3) is 0 Å². The van der Waals surface area contributed by atoms with Gasteiger partial charge in [0.1, 0.15) is 5.75 Å². The molecule has 1 aliphatic heterocycles. The Kier molecular flexibility index (Phi) is 4.87. The zero-order valence-electron chi connectivity index (χ0n) is 9.88. The summed E-state index contributed by atoms with van der Waals surface area (Å²) in [6.07, 6.45) is -2.68. The highest BCUT2D eigenvalue weighted by molar-refractivity contribution is 5.85. The van der Waals surface area contributed by atoms with Crippen LogP contribution in [0.5, 0.6) is 5.75 Å². The van der Waals surface area contributed by atoms with Gasteiger partial charge in [-0.25, -0.2) is 0 Å². The molecule has 1 saturated heterocycles. The van der Waals surface area contributed by atoms with Crippen molar-refractivity contribution in [1.29, 1.82) is 0 Å². The highest BCUT2D eigenvalue weighted by Crippen LogP contribution is 2.38. The quantitative estimate of drug-likeness (QED) is 0.895. The van der Waals surface area contributed by atoms with Gasteiger partial charge in [0.2, 0.25) is 0 Å². The van der Waals surface area contributed by atoms with Crippen molar-refractivity contribution in [2.24, 2.45) is 0 Å². The Morgan fingerprint density at radius 3 is 2.56 bits per heavy atom. The molecule has 1 aliphatic rings. The van der Waals surface area contributed by atoms with Crippen LogP contribution in [0.4, 0.5) is 13.2 Å².